The summed E-state index contributed by atoms with van der Waals surface area (Å²) in [5, 5.41) is 15.3. The monoisotopic (exact) mass is 526 g/mol. The van der Waals surface area contributed by atoms with E-state index in [0.29, 0.717) is 28.7 Å². The number of carbonyl (C=O) groups is 3. The fourth-order valence-corrected chi connectivity index (χ4v) is 5.47. The number of hydrogen-bond donors (Lipinski definition) is 3. The van der Waals surface area contributed by atoms with Gasteiger partial charge in [0.2, 0.25) is 5.91 Å². The van der Waals surface area contributed by atoms with Gasteiger partial charge in [0, 0.05) is 5.75 Å². The second-order valence-electron chi connectivity index (χ2n) is 8.37. The summed E-state index contributed by atoms with van der Waals surface area (Å²) < 4.78 is 32.4. The summed E-state index contributed by atoms with van der Waals surface area (Å²) in [5.74, 6) is -0.942. The molecule has 3 N–H and O–H groups in total. The minimum atomic E-state index is -1.00. The standard InChI is InChI=1S/C27H24F2N2O5S/c28-20-7-1-17(2-8-20)23(33)16-37-25-26(35)31-27(25,18-3-9-21(29)10-4-18)19-5-11-22(12-6-19)36-15-24(34)30-13-14-32/h1-12,14,23,25,33H,13,15-16H2,(H,30,34)(H,31,35)/t23?,25-,27-/m0/s1. The second-order valence-corrected chi connectivity index (χ2v) is 9.51. The molecule has 7 nitrogen and oxygen atoms in total. The topological polar surface area (TPSA) is 105 Å². The summed E-state index contributed by atoms with van der Waals surface area (Å²) in [4.78, 5) is 34.8. The molecule has 3 aromatic rings. The number of amides is 2. The van der Waals surface area contributed by atoms with Crippen LogP contribution < -0.4 is 15.4 Å². The van der Waals surface area contributed by atoms with Crippen LogP contribution in [0, 0.1) is 11.6 Å². The van der Waals surface area contributed by atoms with Crippen LogP contribution in [0.1, 0.15) is 22.8 Å². The number of ether oxygens (including phenoxy) is 1. The first-order valence-electron chi connectivity index (χ1n) is 11.4. The smallest absolute Gasteiger partial charge is 0.258 e. The minimum Gasteiger partial charge on any atom is -0.484 e. The summed E-state index contributed by atoms with van der Waals surface area (Å²) in [5.41, 5.74) is 0.881. The molecular weight excluding hydrogens is 502 g/mol. The van der Waals surface area contributed by atoms with Gasteiger partial charge < -0.3 is 25.3 Å². The molecule has 4 rings (SSSR count). The first kappa shape index (κ1) is 26.3. The number of benzene rings is 3. The summed E-state index contributed by atoms with van der Waals surface area (Å²) in [6, 6.07) is 18.1. The molecule has 0 aliphatic carbocycles. The van der Waals surface area contributed by atoms with Gasteiger partial charge in [-0.3, -0.25) is 9.59 Å². The Morgan fingerprint density at radius 3 is 2.16 bits per heavy atom. The minimum absolute atomic E-state index is 0.101. The number of aliphatic hydroxyl groups excluding tert-OH is 1. The summed E-state index contributed by atoms with van der Waals surface area (Å²) in [6.45, 7) is -0.372. The lowest BCUT2D eigenvalue weighted by Crippen LogP contribution is -2.69. The van der Waals surface area contributed by atoms with Crippen LogP contribution in [0.5, 0.6) is 5.75 Å². The van der Waals surface area contributed by atoms with E-state index >= 15 is 0 Å². The summed E-state index contributed by atoms with van der Waals surface area (Å²) in [7, 11) is 0. The zero-order valence-electron chi connectivity index (χ0n) is 19.5. The third kappa shape index (κ3) is 5.81. The number of aliphatic hydroxyl groups is 1. The highest BCUT2D eigenvalue weighted by Crippen LogP contribution is 2.46. The van der Waals surface area contributed by atoms with Crippen LogP contribution in [0.3, 0.4) is 0 Å². The van der Waals surface area contributed by atoms with E-state index in [-0.39, 0.29) is 24.8 Å². The van der Waals surface area contributed by atoms with Gasteiger partial charge in [-0.1, -0.05) is 36.4 Å². The van der Waals surface area contributed by atoms with Gasteiger partial charge in [-0.15, -0.1) is 11.8 Å². The van der Waals surface area contributed by atoms with Gasteiger partial charge in [-0.2, -0.15) is 0 Å². The van der Waals surface area contributed by atoms with Gasteiger partial charge in [0.1, 0.15) is 34.5 Å². The van der Waals surface area contributed by atoms with Crippen LogP contribution in [0.25, 0.3) is 0 Å². The van der Waals surface area contributed by atoms with E-state index < -0.39 is 34.4 Å². The fraction of sp³-hybridized carbons (Fsp3) is 0.222. The Kier molecular flexibility index (Phi) is 8.20. The van der Waals surface area contributed by atoms with Crippen molar-refractivity contribution in [3.8, 4) is 5.75 Å². The fourth-order valence-electron chi connectivity index (χ4n) is 4.11. The van der Waals surface area contributed by atoms with E-state index in [2.05, 4.69) is 10.6 Å². The first-order valence-corrected chi connectivity index (χ1v) is 12.4. The Hall–Kier alpha value is -3.76. The molecular formula is C27H24F2N2O5S. The van der Waals surface area contributed by atoms with E-state index in [9.17, 15) is 28.3 Å². The highest BCUT2D eigenvalue weighted by Gasteiger charge is 2.56. The molecule has 1 fully saturated rings. The van der Waals surface area contributed by atoms with Gasteiger partial charge in [0.05, 0.1) is 12.6 Å². The average Bonchev–Trinajstić information content (AvgIpc) is 2.90. The largest absolute Gasteiger partial charge is 0.484 e. The number of hydrogen-bond acceptors (Lipinski definition) is 6. The molecule has 1 aliphatic heterocycles. The number of nitrogens with one attached hydrogen (secondary N) is 2. The molecule has 1 aliphatic rings. The van der Waals surface area contributed by atoms with Crippen LogP contribution in [0.2, 0.25) is 0 Å². The average molecular weight is 527 g/mol. The Balaban J connectivity index is 1.55. The zero-order valence-corrected chi connectivity index (χ0v) is 20.3. The van der Waals surface area contributed by atoms with Crippen LogP contribution in [0.15, 0.2) is 72.8 Å². The molecule has 0 spiro atoms. The van der Waals surface area contributed by atoms with Crippen molar-refractivity contribution in [3.05, 3.63) is 101 Å². The van der Waals surface area contributed by atoms with Gasteiger partial charge >= 0.3 is 0 Å². The Labute approximate surface area is 216 Å². The van der Waals surface area contributed by atoms with Crippen molar-refractivity contribution in [3.63, 3.8) is 0 Å². The van der Waals surface area contributed by atoms with Gasteiger partial charge in [0.25, 0.3) is 5.91 Å². The van der Waals surface area contributed by atoms with E-state index in [0.717, 1.165) is 0 Å². The third-order valence-electron chi connectivity index (χ3n) is 5.99. The maximum atomic E-state index is 13.7. The van der Waals surface area contributed by atoms with E-state index in [1.54, 1.807) is 36.4 Å². The van der Waals surface area contributed by atoms with Crippen molar-refractivity contribution in [1.82, 2.24) is 10.6 Å². The molecule has 1 saturated heterocycles. The number of thioether (sulfide) groups is 1. The van der Waals surface area contributed by atoms with Crippen molar-refractivity contribution < 1.29 is 33.0 Å². The molecule has 192 valence electrons. The molecule has 0 aromatic heterocycles. The highest BCUT2D eigenvalue weighted by atomic mass is 32.2. The zero-order chi connectivity index (χ0) is 26.4. The van der Waals surface area contributed by atoms with Gasteiger partial charge in [-0.05, 0) is 53.1 Å². The Morgan fingerprint density at radius 2 is 1.59 bits per heavy atom. The predicted octanol–water partition coefficient (Wildman–Crippen LogP) is 2.87. The molecule has 0 radical (unpaired) electrons. The van der Waals surface area contributed by atoms with Crippen LogP contribution in [0.4, 0.5) is 8.78 Å². The van der Waals surface area contributed by atoms with Crippen molar-refractivity contribution in [1.29, 1.82) is 0 Å². The quantitative estimate of drug-likeness (QED) is 0.262. The number of β-lactam (4-membered cyclic amide) rings is 1. The Morgan fingerprint density at radius 1 is 1.03 bits per heavy atom. The lowest BCUT2D eigenvalue weighted by atomic mass is 9.74. The molecule has 1 heterocycles. The van der Waals surface area contributed by atoms with Crippen LogP contribution >= 0.6 is 11.8 Å². The van der Waals surface area contributed by atoms with E-state index in [1.165, 1.54) is 48.2 Å². The van der Waals surface area contributed by atoms with E-state index in [1.807, 2.05) is 0 Å². The van der Waals surface area contributed by atoms with Crippen LogP contribution in [-0.2, 0) is 19.9 Å². The number of halogens is 2. The Bertz CT molecular complexity index is 1260. The summed E-state index contributed by atoms with van der Waals surface area (Å²) in [6.07, 6.45) is -0.354. The molecule has 0 bridgehead atoms. The normalized spacial score (nSPS) is 19.3. The molecule has 3 atom stereocenters. The SMILES string of the molecule is O=CCNC(=O)COc1ccc([C@]2(c3ccc(F)cc3)NC(=O)[C@@H]2SCC(O)c2ccc(F)cc2)cc1. The second kappa shape index (κ2) is 11.5. The first-order chi connectivity index (χ1) is 17.8. The lowest BCUT2D eigenvalue weighted by molar-refractivity contribution is -0.130. The number of carbonyl (C=O) groups excluding carboxylic acids is 3. The molecule has 1 unspecified atom stereocenters. The van der Waals surface area contributed by atoms with Crippen LogP contribution in [-0.4, -0.2) is 47.4 Å². The lowest BCUT2D eigenvalue weighted by Gasteiger charge is -2.50. The number of rotatable bonds is 11. The van der Waals surface area contributed by atoms with E-state index in [4.69, 9.17) is 4.74 Å². The van der Waals surface area contributed by atoms with Crippen molar-refractivity contribution in [2.45, 2.75) is 16.9 Å². The molecule has 2 amide bonds. The third-order valence-corrected chi connectivity index (χ3v) is 7.40. The van der Waals surface area contributed by atoms with Crippen molar-refractivity contribution in [2.75, 3.05) is 18.9 Å². The maximum Gasteiger partial charge on any atom is 0.258 e. The highest BCUT2D eigenvalue weighted by molar-refractivity contribution is 8.00. The maximum absolute atomic E-state index is 13.7. The summed E-state index contributed by atoms with van der Waals surface area (Å²) >= 11 is 1.24. The van der Waals surface area contributed by atoms with Crippen molar-refractivity contribution >= 4 is 29.9 Å². The molecule has 0 saturated carbocycles. The molecule has 10 heteroatoms. The molecule has 3 aromatic carbocycles. The van der Waals surface area contributed by atoms with Gasteiger partial charge in [-0.25, -0.2) is 8.78 Å². The van der Waals surface area contributed by atoms with Gasteiger partial charge in [0.15, 0.2) is 6.61 Å². The predicted molar refractivity (Wildman–Crippen MR) is 134 cm³/mol. The van der Waals surface area contributed by atoms with Crippen molar-refractivity contribution in [2.24, 2.45) is 0 Å². The molecule has 37 heavy (non-hydrogen) atoms. The number of aldehydes is 1.